The van der Waals surface area contributed by atoms with Gasteiger partial charge in [0.25, 0.3) is 0 Å². The highest BCUT2D eigenvalue weighted by molar-refractivity contribution is 6.30. The van der Waals surface area contributed by atoms with Crippen LogP contribution in [0.3, 0.4) is 0 Å². The quantitative estimate of drug-likeness (QED) is 0.812. The van der Waals surface area contributed by atoms with E-state index in [1.165, 1.54) is 16.7 Å². The molecule has 0 saturated carbocycles. The fourth-order valence-corrected chi connectivity index (χ4v) is 3.48. The number of nitrogens with one attached hydrogen (secondary N) is 1. The normalized spacial score (nSPS) is 21.3. The third-order valence-corrected chi connectivity index (χ3v) is 4.33. The van der Waals surface area contributed by atoms with Crippen LogP contribution in [0.1, 0.15) is 49.4 Å². The fraction of sp³-hybridized carbons (Fsp3) is 0.368. The molecule has 2 atom stereocenters. The lowest BCUT2D eigenvalue weighted by Gasteiger charge is -2.31. The zero-order valence-electron chi connectivity index (χ0n) is 12.9. The molecule has 0 radical (unpaired) electrons. The van der Waals surface area contributed by atoms with E-state index in [4.69, 9.17) is 11.6 Å². The van der Waals surface area contributed by atoms with Crippen LogP contribution in [0.4, 0.5) is 0 Å². The van der Waals surface area contributed by atoms with E-state index in [2.05, 4.69) is 68.6 Å². The van der Waals surface area contributed by atoms with Crippen LogP contribution in [0.15, 0.2) is 48.5 Å². The summed E-state index contributed by atoms with van der Waals surface area (Å²) in [5, 5.41) is 4.63. The molecular weight excluding hydrogens is 278 g/mol. The van der Waals surface area contributed by atoms with Crippen LogP contribution in [0.2, 0.25) is 5.02 Å². The second-order valence-corrected chi connectivity index (χ2v) is 7.37. The van der Waals surface area contributed by atoms with Crippen molar-refractivity contribution in [2.24, 2.45) is 0 Å². The Labute approximate surface area is 132 Å². The number of hydrogen-bond acceptors (Lipinski definition) is 1. The summed E-state index contributed by atoms with van der Waals surface area (Å²) in [5.74, 6) is 0.471. The van der Waals surface area contributed by atoms with Gasteiger partial charge in [0.2, 0.25) is 0 Å². The third-order valence-electron chi connectivity index (χ3n) is 4.10. The van der Waals surface area contributed by atoms with Crippen LogP contribution >= 0.6 is 11.6 Å². The molecule has 0 aliphatic heterocycles. The summed E-state index contributed by atoms with van der Waals surface area (Å²) in [6.07, 6.45) is 1.05. The molecule has 1 nitrogen and oxygen atoms in total. The first-order valence-corrected chi connectivity index (χ1v) is 7.93. The van der Waals surface area contributed by atoms with Crippen LogP contribution in [-0.4, -0.2) is 5.54 Å². The molecule has 3 rings (SSSR count). The lowest BCUT2D eigenvalue weighted by Crippen LogP contribution is -2.40. The van der Waals surface area contributed by atoms with Gasteiger partial charge in [-0.25, -0.2) is 0 Å². The maximum absolute atomic E-state index is 6.18. The third kappa shape index (κ3) is 3.14. The first-order chi connectivity index (χ1) is 9.94. The second kappa shape index (κ2) is 5.47. The molecular formula is C19H22ClN. The smallest absolute Gasteiger partial charge is 0.0408 e. The second-order valence-electron chi connectivity index (χ2n) is 6.94. The maximum atomic E-state index is 6.18. The highest BCUT2D eigenvalue weighted by Gasteiger charge is 2.35. The van der Waals surface area contributed by atoms with Gasteiger partial charge in [0.05, 0.1) is 0 Å². The summed E-state index contributed by atoms with van der Waals surface area (Å²) in [7, 11) is 0. The van der Waals surface area contributed by atoms with Crippen molar-refractivity contribution in [2.75, 3.05) is 0 Å². The summed E-state index contributed by atoms with van der Waals surface area (Å²) >= 11 is 6.18. The van der Waals surface area contributed by atoms with Gasteiger partial charge in [-0.15, -0.1) is 0 Å². The molecule has 2 heteroatoms. The van der Waals surface area contributed by atoms with Gasteiger partial charge in [-0.05, 0) is 56.0 Å². The number of fused-ring (bicyclic) bond motifs is 1. The van der Waals surface area contributed by atoms with E-state index in [1.54, 1.807) is 0 Å². The van der Waals surface area contributed by atoms with E-state index >= 15 is 0 Å². The van der Waals surface area contributed by atoms with E-state index in [0.29, 0.717) is 12.0 Å². The van der Waals surface area contributed by atoms with Gasteiger partial charge in [0.15, 0.2) is 0 Å². The molecule has 1 N–H and O–H groups in total. The molecule has 110 valence electrons. The molecule has 0 heterocycles. The zero-order valence-corrected chi connectivity index (χ0v) is 13.6. The van der Waals surface area contributed by atoms with E-state index < -0.39 is 0 Å². The van der Waals surface area contributed by atoms with Crippen LogP contribution in [-0.2, 0) is 6.42 Å². The molecule has 0 aromatic heterocycles. The van der Waals surface area contributed by atoms with Crippen LogP contribution in [0.25, 0.3) is 0 Å². The molecule has 21 heavy (non-hydrogen) atoms. The molecule has 0 unspecified atom stereocenters. The number of hydrogen-bond donors (Lipinski definition) is 1. The van der Waals surface area contributed by atoms with E-state index in [-0.39, 0.29) is 5.54 Å². The highest BCUT2D eigenvalue weighted by atomic mass is 35.5. The lowest BCUT2D eigenvalue weighted by atomic mass is 9.90. The van der Waals surface area contributed by atoms with Gasteiger partial charge in [0.1, 0.15) is 0 Å². The predicted octanol–water partition coefficient (Wildman–Crippen LogP) is 5.11. The van der Waals surface area contributed by atoms with Crippen molar-refractivity contribution in [3.63, 3.8) is 0 Å². The van der Waals surface area contributed by atoms with Crippen molar-refractivity contribution in [2.45, 2.75) is 44.7 Å². The summed E-state index contributed by atoms with van der Waals surface area (Å²) in [5.41, 5.74) is 4.24. The summed E-state index contributed by atoms with van der Waals surface area (Å²) in [6, 6.07) is 17.4. The molecule has 0 spiro atoms. The van der Waals surface area contributed by atoms with E-state index in [9.17, 15) is 0 Å². The monoisotopic (exact) mass is 299 g/mol. The Balaban J connectivity index is 2.01. The Morgan fingerprint density at radius 3 is 2.43 bits per heavy atom. The average molecular weight is 300 g/mol. The van der Waals surface area contributed by atoms with Gasteiger partial charge in [-0.3, -0.25) is 0 Å². The Kier molecular flexibility index (Phi) is 3.81. The fourth-order valence-electron chi connectivity index (χ4n) is 3.28. The maximum Gasteiger partial charge on any atom is 0.0408 e. The summed E-state index contributed by atoms with van der Waals surface area (Å²) in [6.45, 7) is 6.68. The van der Waals surface area contributed by atoms with Crippen molar-refractivity contribution in [3.8, 4) is 0 Å². The van der Waals surface area contributed by atoms with Gasteiger partial charge >= 0.3 is 0 Å². The van der Waals surface area contributed by atoms with Crippen molar-refractivity contribution in [1.82, 2.24) is 5.32 Å². The SMILES string of the molecule is CC(C)(C)N[C@@H]1c2ccc(Cl)cc2C[C@H]1c1ccccc1. The minimum absolute atomic E-state index is 0.0823. The van der Waals surface area contributed by atoms with Gasteiger partial charge in [-0.1, -0.05) is 48.0 Å². The van der Waals surface area contributed by atoms with Gasteiger partial charge in [0, 0.05) is 22.5 Å². The predicted molar refractivity (Wildman–Crippen MR) is 90.0 cm³/mol. The first-order valence-electron chi connectivity index (χ1n) is 7.55. The molecule has 0 bridgehead atoms. The Hall–Kier alpha value is -1.31. The molecule has 1 aliphatic carbocycles. The number of rotatable bonds is 2. The van der Waals surface area contributed by atoms with Crippen LogP contribution in [0, 0.1) is 0 Å². The van der Waals surface area contributed by atoms with E-state index in [1.807, 2.05) is 6.07 Å². The minimum atomic E-state index is 0.0823. The molecule has 0 saturated heterocycles. The topological polar surface area (TPSA) is 12.0 Å². The molecule has 2 aromatic rings. The molecule has 0 amide bonds. The van der Waals surface area contributed by atoms with Crippen molar-refractivity contribution in [3.05, 3.63) is 70.2 Å². The van der Waals surface area contributed by atoms with Gasteiger partial charge in [-0.2, -0.15) is 0 Å². The number of halogens is 1. The lowest BCUT2D eigenvalue weighted by molar-refractivity contribution is 0.340. The van der Waals surface area contributed by atoms with Gasteiger partial charge < -0.3 is 5.32 Å². The van der Waals surface area contributed by atoms with Crippen molar-refractivity contribution in [1.29, 1.82) is 0 Å². The minimum Gasteiger partial charge on any atom is -0.305 e. The Morgan fingerprint density at radius 2 is 1.76 bits per heavy atom. The standard InChI is InChI=1S/C19H22ClN/c1-19(2,3)21-18-16-10-9-15(20)11-14(16)12-17(18)13-7-5-4-6-8-13/h4-11,17-18,21H,12H2,1-3H3/t17-,18+/m0/s1. The molecule has 0 fully saturated rings. The zero-order chi connectivity index (χ0) is 15.0. The van der Waals surface area contributed by atoms with Crippen LogP contribution < -0.4 is 5.32 Å². The largest absolute Gasteiger partial charge is 0.305 e. The van der Waals surface area contributed by atoms with E-state index in [0.717, 1.165) is 11.4 Å². The van der Waals surface area contributed by atoms with Crippen LogP contribution in [0.5, 0.6) is 0 Å². The first kappa shape index (κ1) is 14.6. The summed E-state index contributed by atoms with van der Waals surface area (Å²) in [4.78, 5) is 0. The molecule has 2 aromatic carbocycles. The van der Waals surface area contributed by atoms with Crippen molar-refractivity contribution < 1.29 is 0 Å². The number of benzene rings is 2. The summed E-state index contributed by atoms with van der Waals surface area (Å²) < 4.78 is 0. The Morgan fingerprint density at radius 1 is 1.05 bits per heavy atom. The highest BCUT2D eigenvalue weighted by Crippen LogP contribution is 2.44. The average Bonchev–Trinajstić information content (AvgIpc) is 2.76. The Bertz CT molecular complexity index is 628. The molecule has 1 aliphatic rings. The van der Waals surface area contributed by atoms with Crippen molar-refractivity contribution >= 4 is 11.6 Å².